The van der Waals surface area contributed by atoms with Crippen molar-refractivity contribution in [1.29, 1.82) is 0 Å². The molecular formula is C7H17N3O2S. The second-order valence-electron chi connectivity index (χ2n) is 3.40. The van der Waals surface area contributed by atoms with E-state index in [0.717, 1.165) is 32.5 Å². The zero-order valence-electron chi connectivity index (χ0n) is 7.86. The molecule has 1 fully saturated rings. The van der Waals surface area contributed by atoms with Crippen LogP contribution in [0.4, 0.5) is 0 Å². The minimum Gasteiger partial charge on any atom is -0.302 e. The number of nitrogens with zero attached hydrogens (tertiary/aromatic N) is 1. The Kier molecular flexibility index (Phi) is 3.66. The van der Waals surface area contributed by atoms with Gasteiger partial charge in [0.1, 0.15) is 0 Å². The van der Waals surface area contributed by atoms with E-state index in [4.69, 9.17) is 5.14 Å². The predicted molar refractivity (Wildman–Crippen MR) is 51.4 cm³/mol. The Bertz CT molecular complexity index is 252. The zero-order chi connectivity index (χ0) is 9.90. The summed E-state index contributed by atoms with van der Waals surface area (Å²) < 4.78 is 23.9. The summed E-state index contributed by atoms with van der Waals surface area (Å²) >= 11 is 0. The van der Waals surface area contributed by atoms with Crippen molar-refractivity contribution in [3.63, 3.8) is 0 Å². The van der Waals surface area contributed by atoms with Gasteiger partial charge in [0.15, 0.2) is 0 Å². The minimum absolute atomic E-state index is 0.0105. The molecule has 1 heterocycles. The first-order valence-corrected chi connectivity index (χ1v) is 6.08. The molecule has 0 aromatic rings. The zero-order valence-corrected chi connectivity index (χ0v) is 8.68. The van der Waals surface area contributed by atoms with Crippen molar-refractivity contribution in [3.05, 3.63) is 0 Å². The molecule has 1 rings (SSSR count). The number of likely N-dealkylation sites (N-methyl/N-ethyl adjacent to an activating group) is 1. The highest BCUT2D eigenvalue weighted by Crippen LogP contribution is 2.09. The van der Waals surface area contributed by atoms with Gasteiger partial charge in [-0.1, -0.05) is 6.92 Å². The van der Waals surface area contributed by atoms with Crippen LogP contribution in [0.2, 0.25) is 0 Å². The minimum atomic E-state index is -3.53. The van der Waals surface area contributed by atoms with Crippen molar-refractivity contribution in [1.82, 2.24) is 9.62 Å². The first-order valence-electron chi connectivity index (χ1n) is 4.53. The third-order valence-corrected chi connectivity index (χ3v) is 2.95. The molecular weight excluding hydrogens is 190 g/mol. The molecule has 6 heteroatoms. The van der Waals surface area contributed by atoms with Crippen LogP contribution in [0, 0.1) is 0 Å². The summed E-state index contributed by atoms with van der Waals surface area (Å²) in [7, 11) is -3.53. The molecule has 0 radical (unpaired) electrons. The smallest absolute Gasteiger partial charge is 0.274 e. The molecule has 78 valence electrons. The van der Waals surface area contributed by atoms with Crippen LogP contribution < -0.4 is 9.86 Å². The van der Waals surface area contributed by atoms with E-state index in [0.29, 0.717) is 0 Å². The average Bonchev–Trinajstić information content (AvgIpc) is 2.01. The van der Waals surface area contributed by atoms with Crippen LogP contribution in [-0.4, -0.2) is 39.0 Å². The topological polar surface area (TPSA) is 75.4 Å². The average molecular weight is 207 g/mol. The fourth-order valence-electron chi connectivity index (χ4n) is 1.67. The van der Waals surface area contributed by atoms with Gasteiger partial charge in [-0.15, -0.1) is 0 Å². The molecule has 1 aliphatic heterocycles. The molecule has 1 atom stereocenters. The van der Waals surface area contributed by atoms with Gasteiger partial charge in [0.25, 0.3) is 10.2 Å². The number of nitrogens with one attached hydrogen (secondary N) is 1. The molecule has 13 heavy (non-hydrogen) atoms. The lowest BCUT2D eigenvalue weighted by atomic mass is 10.1. The van der Waals surface area contributed by atoms with Crippen molar-refractivity contribution in [2.24, 2.45) is 5.14 Å². The van der Waals surface area contributed by atoms with Crippen molar-refractivity contribution in [2.45, 2.75) is 25.8 Å². The number of hydrogen-bond donors (Lipinski definition) is 2. The van der Waals surface area contributed by atoms with Crippen molar-refractivity contribution >= 4 is 10.2 Å². The highest BCUT2D eigenvalue weighted by Gasteiger charge is 2.21. The monoisotopic (exact) mass is 207 g/mol. The second-order valence-corrected chi connectivity index (χ2v) is 4.72. The van der Waals surface area contributed by atoms with E-state index in [-0.39, 0.29) is 6.04 Å². The summed E-state index contributed by atoms with van der Waals surface area (Å²) in [6.45, 7) is 4.86. The molecule has 0 aliphatic carbocycles. The van der Waals surface area contributed by atoms with Gasteiger partial charge >= 0.3 is 0 Å². The third kappa shape index (κ3) is 4.04. The Labute approximate surface area is 79.5 Å². The molecule has 0 aromatic heterocycles. The maximum absolute atomic E-state index is 10.7. The van der Waals surface area contributed by atoms with E-state index in [2.05, 4.69) is 16.5 Å². The predicted octanol–water partition coefficient (Wildman–Crippen LogP) is -0.736. The van der Waals surface area contributed by atoms with E-state index >= 15 is 0 Å². The highest BCUT2D eigenvalue weighted by atomic mass is 32.2. The van der Waals surface area contributed by atoms with E-state index in [1.54, 1.807) is 0 Å². The molecule has 0 spiro atoms. The van der Waals surface area contributed by atoms with E-state index in [1.807, 2.05) is 0 Å². The van der Waals surface area contributed by atoms with Gasteiger partial charge in [-0.05, 0) is 25.9 Å². The molecule has 0 bridgehead atoms. The molecule has 1 saturated heterocycles. The Balaban J connectivity index is 2.43. The molecule has 0 amide bonds. The molecule has 5 nitrogen and oxygen atoms in total. The lowest BCUT2D eigenvalue weighted by Crippen LogP contribution is -2.49. The molecule has 1 aliphatic rings. The van der Waals surface area contributed by atoms with E-state index < -0.39 is 10.2 Å². The largest absolute Gasteiger partial charge is 0.302 e. The van der Waals surface area contributed by atoms with Crippen molar-refractivity contribution < 1.29 is 8.42 Å². The van der Waals surface area contributed by atoms with Crippen LogP contribution in [0.3, 0.4) is 0 Å². The first kappa shape index (κ1) is 10.9. The van der Waals surface area contributed by atoms with Gasteiger partial charge in [0, 0.05) is 12.6 Å². The lowest BCUT2D eigenvalue weighted by molar-refractivity contribution is 0.211. The first-order chi connectivity index (χ1) is 6.01. The fraction of sp³-hybridized carbons (Fsp3) is 1.00. The quantitative estimate of drug-likeness (QED) is 0.640. The standard InChI is InChI=1S/C7H17N3O2S/c1-2-10-5-3-4-7(6-10)9-13(8,11)12/h7,9H,2-6H2,1H3,(H2,8,11,12). The summed E-state index contributed by atoms with van der Waals surface area (Å²) in [5.41, 5.74) is 0. The SMILES string of the molecule is CCN1CCCC(NS(N)(=O)=O)C1. The summed E-state index contributed by atoms with van der Waals surface area (Å²) in [5.74, 6) is 0. The molecule has 1 unspecified atom stereocenters. The molecule has 0 aromatic carbocycles. The lowest BCUT2D eigenvalue weighted by Gasteiger charge is -2.31. The van der Waals surface area contributed by atoms with Gasteiger partial charge in [0.05, 0.1) is 0 Å². The molecule has 0 saturated carbocycles. The normalized spacial score (nSPS) is 26.2. The maximum Gasteiger partial charge on any atom is 0.274 e. The number of nitrogens with two attached hydrogens (primary N) is 1. The van der Waals surface area contributed by atoms with Crippen LogP contribution in [0.25, 0.3) is 0 Å². The Morgan fingerprint density at radius 3 is 2.85 bits per heavy atom. The Morgan fingerprint density at radius 2 is 2.31 bits per heavy atom. The van der Waals surface area contributed by atoms with Gasteiger partial charge in [-0.25, -0.2) is 5.14 Å². The van der Waals surface area contributed by atoms with Crippen LogP contribution in [0.5, 0.6) is 0 Å². The van der Waals surface area contributed by atoms with Gasteiger partial charge in [-0.3, -0.25) is 0 Å². The van der Waals surface area contributed by atoms with Gasteiger partial charge < -0.3 is 4.90 Å². The summed E-state index contributed by atoms with van der Waals surface area (Å²) in [4.78, 5) is 2.21. The van der Waals surface area contributed by atoms with Gasteiger partial charge in [0.2, 0.25) is 0 Å². The number of hydrogen-bond acceptors (Lipinski definition) is 3. The highest BCUT2D eigenvalue weighted by molar-refractivity contribution is 7.87. The molecule has 3 N–H and O–H groups in total. The van der Waals surface area contributed by atoms with E-state index in [9.17, 15) is 8.42 Å². The fourth-order valence-corrected chi connectivity index (χ4v) is 2.33. The van der Waals surface area contributed by atoms with Crippen LogP contribution in [0.15, 0.2) is 0 Å². The van der Waals surface area contributed by atoms with Crippen LogP contribution in [0.1, 0.15) is 19.8 Å². The van der Waals surface area contributed by atoms with Crippen molar-refractivity contribution in [3.8, 4) is 0 Å². The summed E-state index contributed by atoms with van der Waals surface area (Å²) in [6, 6.07) is -0.0105. The van der Waals surface area contributed by atoms with Gasteiger partial charge in [-0.2, -0.15) is 13.1 Å². The summed E-state index contributed by atoms with van der Waals surface area (Å²) in [6.07, 6.45) is 1.91. The van der Waals surface area contributed by atoms with Crippen LogP contribution >= 0.6 is 0 Å². The Morgan fingerprint density at radius 1 is 1.62 bits per heavy atom. The maximum atomic E-state index is 10.7. The second kappa shape index (κ2) is 4.36. The number of likely N-dealkylation sites (tertiary alicyclic amines) is 1. The Hall–Kier alpha value is -0.170. The number of rotatable bonds is 3. The van der Waals surface area contributed by atoms with Crippen LogP contribution in [-0.2, 0) is 10.2 Å². The number of piperidine rings is 1. The third-order valence-electron chi connectivity index (χ3n) is 2.28. The summed E-state index contributed by atoms with van der Waals surface area (Å²) in [5, 5.41) is 4.90. The van der Waals surface area contributed by atoms with E-state index in [1.165, 1.54) is 0 Å². The van der Waals surface area contributed by atoms with Crippen molar-refractivity contribution in [2.75, 3.05) is 19.6 Å².